The van der Waals surface area contributed by atoms with Gasteiger partial charge in [-0.25, -0.2) is 4.39 Å². The predicted molar refractivity (Wildman–Crippen MR) is 92.8 cm³/mol. The lowest BCUT2D eigenvalue weighted by Crippen LogP contribution is -2.38. The molecule has 8 heteroatoms. The van der Waals surface area contributed by atoms with Crippen LogP contribution in [0.5, 0.6) is 0 Å². The molecule has 0 saturated heterocycles. The molecule has 1 fully saturated rings. The van der Waals surface area contributed by atoms with Crippen LogP contribution in [0.1, 0.15) is 31.7 Å². The van der Waals surface area contributed by atoms with Crippen LogP contribution in [-0.2, 0) is 10.2 Å². The first-order valence-corrected chi connectivity index (χ1v) is 8.77. The van der Waals surface area contributed by atoms with E-state index in [1.165, 1.54) is 6.07 Å². The number of guanidine groups is 1. The molecular formula is C18H25F4N3O. The summed E-state index contributed by atoms with van der Waals surface area (Å²) >= 11 is 0. The Labute approximate surface area is 151 Å². The van der Waals surface area contributed by atoms with Crippen LogP contribution in [0.4, 0.5) is 17.6 Å². The lowest BCUT2D eigenvalue weighted by molar-refractivity contribution is -0.173. The van der Waals surface area contributed by atoms with E-state index in [4.69, 9.17) is 0 Å². The summed E-state index contributed by atoms with van der Waals surface area (Å²) in [6.07, 6.45) is -1.93. The van der Waals surface area contributed by atoms with Gasteiger partial charge in [0, 0.05) is 25.1 Å². The molecule has 1 aliphatic rings. The number of hydrogen-bond donors (Lipinski definition) is 2. The molecule has 0 radical (unpaired) electrons. The van der Waals surface area contributed by atoms with Gasteiger partial charge in [0.2, 0.25) is 0 Å². The summed E-state index contributed by atoms with van der Waals surface area (Å²) in [6.45, 7) is 2.40. The number of ether oxygens (including phenoxy) is 1. The van der Waals surface area contributed by atoms with E-state index in [2.05, 4.69) is 20.4 Å². The second-order valence-electron chi connectivity index (χ2n) is 6.43. The van der Waals surface area contributed by atoms with Crippen LogP contribution < -0.4 is 10.6 Å². The van der Waals surface area contributed by atoms with Crippen LogP contribution in [0, 0.1) is 5.82 Å². The van der Waals surface area contributed by atoms with Gasteiger partial charge in [-0.2, -0.15) is 13.2 Å². The monoisotopic (exact) mass is 375 g/mol. The van der Waals surface area contributed by atoms with E-state index in [1.807, 2.05) is 13.0 Å². The van der Waals surface area contributed by atoms with Crippen molar-refractivity contribution < 1.29 is 22.3 Å². The third-order valence-electron chi connectivity index (χ3n) is 4.20. The van der Waals surface area contributed by atoms with Gasteiger partial charge in [0.05, 0.1) is 6.54 Å². The van der Waals surface area contributed by atoms with Gasteiger partial charge >= 0.3 is 6.18 Å². The van der Waals surface area contributed by atoms with E-state index in [9.17, 15) is 17.6 Å². The van der Waals surface area contributed by atoms with Crippen LogP contribution in [0.3, 0.4) is 0 Å². The van der Waals surface area contributed by atoms with Gasteiger partial charge in [-0.05, 0) is 43.9 Å². The first-order valence-electron chi connectivity index (χ1n) is 8.77. The maximum absolute atomic E-state index is 13.4. The molecule has 2 rings (SSSR count). The molecule has 0 unspecified atom stereocenters. The molecule has 1 aromatic rings. The van der Waals surface area contributed by atoms with Crippen molar-refractivity contribution in [1.29, 1.82) is 0 Å². The minimum Gasteiger partial charge on any atom is -0.372 e. The van der Waals surface area contributed by atoms with Crippen molar-refractivity contribution in [2.24, 2.45) is 4.99 Å². The lowest BCUT2D eigenvalue weighted by atomic mass is 9.96. The molecular weight excluding hydrogens is 350 g/mol. The minimum absolute atomic E-state index is 0.0269. The van der Waals surface area contributed by atoms with Crippen LogP contribution in [-0.4, -0.2) is 45.0 Å². The number of nitrogens with one attached hydrogen (secondary N) is 2. The first kappa shape index (κ1) is 20.5. The number of alkyl halides is 3. The molecule has 0 atom stereocenters. The molecule has 0 spiro atoms. The highest BCUT2D eigenvalue weighted by molar-refractivity contribution is 5.79. The van der Waals surface area contributed by atoms with Crippen molar-refractivity contribution in [1.82, 2.24) is 10.6 Å². The van der Waals surface area contributed by atoms with Crippen LogP contribution in [0.2, 0.25) is 0 Å². The Hall–Kier alpha value is -1.83. The number of halogens is 4. The Bertz CT molecular complexity index is 600. The first-order chi connectivity index (χ1) is 12.3. The number of benzene rings is 1. The normalized spacial score (nSPS) is 16.4. The van der Waals surface area contributed by atoms with E-state index in [1.54, 1.807) is 12.1 Å². The molecule has 0 amide bonds. The van der Waals surface area contributed by atoms with Crippen molar-refractivity contribution >= 4 is 5.96 Å². The van der Waals surface area contributed by atoms with Crippen molar-refractivity contribution in [3.8, 4) is 0 Å². The largest absolute Gasteiger partial charge is 0.411 e. The standard InChI is InChI=1S/C18H25F4N3O/c1-2-23-16(24-9-4-10-26-13-18(20,21)22)25-12-17(7-8-17)14-5-3-6-15(19)11-14/h3,5-6,11H,2,4,7-10,12-13H2,1H3,(H2,23,24,25). The Kier molecular flexibility index (Phi) is 7.25. The Morgan fingerprint density at radius 2 is 2.04 bits per heavy atom. The third-order valence-corrected chi connectivity index (χ3v) is 4.20. The second-order valence-corrected chi connectivity index (χ2v) is 6.43. The number of hydrogen-bond acceptors (Lipinski definition) is 2. The Morgan fingerprint density at radius 1 is 1.27 bits per heavy atom. The van der Waals surface area contributed by atoms with Gasteiger partial charge in [-0.1, -0.05) is 12.1 Å². The zero-order valence-corrected chi connectivity index (χ0v) is 14.8. The van der Waals surface area contributed by atoms with E-state index < -0.39 is 12.8 Å². The molecule has 0 aliphatic heterocycles. The summed E-state index contributed by atoms with van der Waals surface area (Å²) in [5.41, 5.74) is 0.845. The van der Waals surface area contributed by atoms with Gasteiger partial charge in [-0.3, -0.25) is 4.99 Å². The smallest absolute Gasteiger partial charge is 0.372 e. The minimum atomic E-state index is -4.29. The van der Waals surface area contributed by atoms with Gasteiger partial charge in [0.25, 0.3) is 0 Å². The van der Waals surface area contributed by atoms with E-state index in [0.29, 0.717) is 32.0 Å². The number of rotatable bonds is 9. The molecule has 1 saturated carbocycles. The molecule has 0 bridgehead atoms. The Morgan fingerprint density at radius 3 is 2.65 bits per heavy atom. The highest BCUT2D eigenvalue weighted by Crippen LogP contribution is 2.48. The van der Waals surface area contributed by atoms with Gasteiger partial charge in [0.15, 0.2) is 5.96 Å². The average Bonchev–Trinajstić information content (AvgIpc) is 3.36. The predicted octanol–water partition coefficient (Wildman–Crippen LogP) is 3.38. The van der Waals surface area contributed by atoms with Crippen molar-refractivity contribution in [2.75, 3.05) is 32.8 Å². The topological polar surface area (TPSA) is 45.7 Å². The quantitative estimate of drug-likeness (QED) is 0.301. The fraction of sp³-hybridized carbons (Fsp3) is 0.611. The summed E-state index contributed by atoms with van der Waals surface area (Å²) in [6, 6.07) is 6.61. The molecule has 1 aliphatic carbocycles. The molecule has 0 heterocycles. The summed E-state index contributed by atoms with van der Waals surface area (Å²) in [7, 11) is 0. The van der Waals surface area contributed by atoms with Crippen molar-refractivity contribution in [3.63, 3.8) is 0 Å². The third kappa shape index (κ3) is 6.82. The molecule has 4 nitrogen and oxygen atoms in total. The second kappa shape index (κ2) is 9.21. The Balaban J connectivity index is 1.79. The average molecular weight is 375 g/mol. The number of aliphatic imine (C=N–C) groups is 1. The fourth-order valence-electron chi connectivity index (χ4n) is 2.65. The SMILES string of the molecule is CCNC(=NCC1(c2cccc(F)c2)CC1)NCCCOCC(F)(F)F. The summed E-state index contributed by atoms with van der Waals surface area (Å²) in [5.74, 6) is 0.354. The zero-order valence-electron chi connectivity index (χ0n) is 14.8. The van der Waals surface area contributed by atoms with Gasteiger partial charge < -0.3 is 15.4 Å². The van der Waals surface area contributed by atoms with Crippen LogP contribution in [0.25, 0.3) is 0 Å². The molecule has 1 aromatic carbocycles. The summed E-state index contributed by atoms with van der Waals surface area (Å²) in [4.78, 5) is 4.56. The summed E-state index contributed by atoms with van der Waals surface area (Å²) < 4.78 is 54.0. The van der Waals surface area contributed by atoms with Gasteiger partial charge in [-0.15, -0.1) is 0 Å². The van der Waals surface area contributed by atoms with E-state index in [0.717, 1.165) is 18.4 Å². The number of nitrogens with zero attached hydrogens (tertiary/aromatic N) is 1. The molecule has 146 valence electrons. The van der Waals surface area contributed by atoms with Crippen molar-refractivity contribution in [3.05, 3.63) is 35.6 Å². The van der Waals surface area contributed by atoms with Crippen LogP contribution in [0.15, 0.2) is 29.3 Å². The maximum Gasteiger partial charge on any atom is 0.411 e. The molecule has 26 heavy (non-hydrogen) atoms. The van der Waals surface area contributed by atoms with Gasteiger partial charge in [0.1, 0.15) is 12.4 Å². The van der Waals surface area contributed by atoms with Crippen molar-refractivity contribution in [2.45, 2.75) is 37.8 Å². The molecule has 2 N–H and O–H groups in total. The highest BCUT2D eigenvalue weighted by Gasteiger charge is 2.44. The highest BCUT2D eigenvalue weighted by atomic mass is 19.4. The lowest BCUT2D eigenvalue weighted by Gasteiger charge is -2.16. The van der Waals surface area contributed by atoms with E-state index in [-0.39, 0.29) is 17.8 Å². The molecule has 0 aromatic heterocycles. The summed E-state index contributed by atoms with van der Waals surface area (Å²) in [5, 5.41) is 6.19. The zero-order chi connectivity index (χ0) is 19.0. The maximum atomic E-state index is 13.4. The van der Waals surface area contributed by atoms with E-state index >= 15 is 0 Å². The fourth-order valence-corrected chi connectivity index (χ4v) is 2.65. The van der Waals surface area contributed by atoms with Crippen LogP contribution >= 0.6 is 0 Å².